The van der Waals surface area contributed by atoms with Gasteiger partial charge >= 0.3 is 0 Å². The molecule has 0 bridgehead atoms. The van der Waals surface area contributed by atoms with Crippen LogP contribution in [0.15, 0.2) is 17.5 Å². The lowest BCUT2D eigenvalue weighted by molar-refractivity contribution is -0.124. The van der Waals surface area contributed by atoms with Crippen molar-refractivity contribution in [3.63, 3.8) is 0 Å². The van der Waals surface area contributed by atoms with Crippen molar-refractivity contribution in [2.24, 2.45) is 5.92 Å². The number of nitrogens with zero attached hydrogens (tertiary/aromatic N) is 1. The van der Waals surface area contributed by atoms with E-state index in [1.165, 1.54) is 4.88 Å². The minimum atomic E-state index is -0.0141. The van der Waals surface area contributed by atoms with E-state index in [-0.39, 0.29) is 12.2 Å². The molecule has 3 heterocycles. The maximum Gasteiger partial charge on any atom is 0.234 e. The average molecular weight is 310 g/mol. The van der Waals surface area contributed by atoms with Crippen LogP contribution in [0.1, 0.15) is 17.7 Å². The molecule has 2 saturated heterocycles. The van der Waals surface area contributed by atoms with Crippen LogP contribution >= 0.6 is 11.3 Å². The maximum atomic E-state index is 11.9. The van der Waals surface area contributed by atoms with E-state index in [4.69, 9.17) is 9.47 Å². The standard InChI is InChI=1S/C15H22N2O3S/c18-14(16-10-13-2-1-9-21-13)11-17-5-3-12(4-6-17)15-19-7-8-20-15/h1-2,9,12,15H,3-8,10-11H2,(H,16,18). The summed E-state index contributed by atoms with van der Waals surface area (Å²) in [5.74, 6) is 0.591. The zero-order valence-corrected chi connectivity index (χ0v) is 12.9. The second kappa shape index (κ2) is 7.35. The lowest BCUT2D eigenvalue weighted by Gasteiger charge is -2.33. The monoisotopic (exact) mass is 310 g/mol. The van der Waals surface area contributed by atoms with Gasteiger partial charge in [-0.2, -0.15) is 0 Å². The van der Waals surface area contributed by atoms with Gasteiger partial charge in [-0.05, 0) is 37.4 Å². The third-order valence-electron chi connectivity index (χ3n) is 4.07. The van der Waals surface area contributed by atoms with Crippen molar-refractivity contribution in [1.82, 2.24) is 10.2 Å². The Balaban J connectivity index is 1.35. The van der Waals surface area contributed by atoms with Gasteiger partial charge in [-0.25, -0.2) is 0 Å². The predicted molar refractivity (Wildman–Crippen MR) is 81.0 cm³/mol. The van der Waals surface area contributed by atoms with Crippen molar-refractivity contribution in [2.45, 2.75) is 25.7 Å². The van der Waals surface area contributed by atoms with Gasteiger partial charge < -0.3 is 14.8 Å². The molecule has 0 unspecified atom stereocenters. The average Bonchev–Trinajstić information content (AvgIpc) is 3.19. The third kappa shape index (κ3) is 4.26. The molecule has 0 spiro atoms. The molecule has 1 aromatic rings. The first-order chi connectivity index (χ1) is 10.3. The summed E-state index contributed by atoms with van der Waals surface area (Å²) in [6.07, 6.45) is 2.07. The SMILES string of the molecule is O=C(CN1CCC(C2OCCO2)CC1)NCc1cccs1. The molecule has 5 nitrogen and oxygen atoms in total. The van der Waals surface area contributed by atoms with Gasteiger partial charge in [0.1, 0.15) is 0 Å². The van der Waals surface area contributed by atoms with Crippen LogP contribution in [-0.4, -0.2) is 49.9 Å². The molecule has 0 aromatic carbocycles. The van der Waals surface area contributed by atoms with Crippen LogP contribution in [0.5, 0.6) is 0 Å². The van der Waals surface area contributed by atoms with Crippen molar-refractivity contribution >= 4 is 17.2 Å². The Hall–Kier alpha value is -0.950. The van der Waals surface area contributed by atoms with Gasteiger partial charge in [0.25, 0.3) is 0 Å². The molecular weight excluding hydrogens is 288 g/mol. The number of ether oxygens (including phenoxy) is 2. The van der Waals surface area contributed by atoms with E-state index in [9.17, 15) is 4.79 Å². The molecule has 3 rings (SSSR count). The fraction of sp³-hybridized carbons (Fsp3) is 0.667. The van der Waals surface area contributed by atoms with Crippen LogP contribution in [0, 0.1) is 5.92 Å². The van der Waals surface area contributed by atoms with Crippen molar-refractivity contribution in [2.75, 3.05) is 32.8 Å². The first-order valence-electron chi connectivity index (χ1n) is 7.56. The van der Waals surface area contributed by atoms with Gasteiger partial charge in [-0.3, -0.25) is 9.69 Å². The van der Waals surface area contributed by atoms with Crippen LogP contribution in [0.25, 0.3) is 0 Å². The molecule has 0 radical (unpaired) electrons. The predicted octanol–water partition coefficient (Wildman–Crippen LogP) is 1.45. The number of likely N-dealkylation sites (tertiary alicyclic amines) is 1. The van der Waals surface area contributed by atoms with Crippen molar-refractivity contribution < 1.29 is 14.3 Å². The first kappa shape index (κ1) is 15.0. The van der Waals surface area contributed by atoms with Crippen LogP contribution in [0.4, 0.5) is 0 Å². The van der Waals surface area contributed by atoms with Gasteiger partial charge in [0, 0.05) is 10.8 Å². The molecule has 0 atom stereocenters. The van der Waals surface area contributed by atoms with Crippen LogP contribution in [0.2, 0.25) is 0 Å². The van der Waals surface area contributed by atoms with Crippen LogP contribution in [0.3, 0.4) is 0 Å². The number of rotatable bonds is 5. The second-order valence-electron chi connectivity index (χ2n) is 5.58. The number of amides is 1. The molecule has 1 amide bonds. The van der Waals surface area contributed by atoms with Crippen LogP contribution in [-0.2, 0) is 20.8 Å². The van der Waals surface area contributed by atoms with E-state index in [2.05, 4.69) is 10.2 Å². The fourth-order valence-electron chi connectivity index (χ4n) is 2.89. The Bertz CT molecular complexity index is 438. The van der Waals surface area contributed by atoms with E-state index < -0.39 is 0 Å². The highest BCUT2D eigenvalue weighted by Gasteiger charge is 2.30. The van der Waals surface area contributed by atoms with E-state index in [0.29, 0.717) is 19.0 Å². The highest BCUT2D eigenvalue weighted by molar-refractivity contribution is 7.09. The Kier molecular flexibility index (Phi) is 5.24. The first-order valence-corrected chi connectivity index (χ1v) is 8.44. The highest BCUT2D eigenvalue weighted by Crippen LogP contribution is 2.25. The molecule has 2 aliphatic rings. The molecule has 116 valence electrons. The Morgan fingerprint density at radius 2 is 2.10 bits per heavy atom. The molecule has 2 fully saturated rings. The summed E-state index contributed by atoms with van der Waals surface area (Å²) in [5, 5.41) is 5.01. The zero-order chi connectivity index (χ0) is 14.5. The largest absolute Gasteiger partial charge is 0.350 e. The molecule has 21 heavy (non-hydrogen) atoms. The summed E-state index contributed by atoms with van der Waals surface area (Å²) >= 11 is 1.67. The maximum absolute atomic E-state index is 11.9. The Morgan fingerprint density at radius 3 is 2.76 bits per heavy atom. The normalized spacial score (nSPS) is 21.7. The number of hydrogen-bond donors (Lipinski definition) is 1. The lowest BCUT2D eigenvalue weighted by Crippen LogP contribution is -2.43. The number of hydrogen-bond acceptors (Lipinski definition) is 5. The van der Waals surface area contributed by atoms with Gasteiger partial charge in [-0.15, -0.1) is 11.3 Å². The number of piperidine rings is 1. The highest BCUT2D eigenvalue weighted by atomic mass is 32.1. The van der Waals surface area contributed by atoms with Crippen molar-refractivity contribution in [3.8, 4) is 0 Å². The van der Waals surface area contributed by atoms with Gasteiger partial charge in [0.05, 0.1) is 26.3 Å². The van der Waals surface area contributed by atoms with Gasteiger partial charge in [-0.1, -0.05) is 6.07 Å². The number of carbonyl (C=O) groups excluding carboxylic acids is 1. The Labute approximate surface area is 129 Å². The van der Waals surface area contributed by atoms with Gasteiger partial charge in [0.2, 0.25) is 5.91 Å². The summed E-state index contributed by atoms with van der Waals surface area (Å²) in [6.45, 7) is 4.45. The zero-order valence-electron chi connectivity index (χ0n) is 12.1. The molecule has 1 aromatic heterocycles. The van der Waals surface area contributed by atoms with E-state index in [1.807, 2.05) is 17.5 Å². The van der Waals surface area contributed by atoms with Crippen LogP contribution < -0.4 is 5.32 Å². The summed E-state index contributed by atoms with van der Waals surface area (Å²) in [6, 6.07) is 4.04. The second-order valence-corrected chi connectivity index (χ2v) is 6.61. The number of thiophene rings is 1. The molecule has 6 heteroatoms. The molecule has 1 N–H and O–H groups in total. The molecule has 2 aliphatic heterocycles. The van der Waals surface area contributed by atoms with E-state index in [1.54, 1.807) is 11.3 Å². The van der Waals surface area contributed by atoms with Crippen molar-refractivity contribution in [3.05, 3.63) is 22.4 Å². The van der Waals surface area contributed by atoms with E-state index >= 15 is 0 Å². The fourth-order valence-corrected chi connectivity index (χ4v) is 3.53. The molecule has 0 saturated carbocycles. The third-order valence-corrected chi connectivity index (χ3v) is 4.95. The quantitative estimate of drug-likeness (QED) is 0.894. The smallest absolute Gasteiger partial charge is 0.234 e. The minimum Gasteiger partial charge on any atom is -0.350 e. The number of carbonyl (C=O) groups is 1. The van der Waals surface area contributed by atoms with Gasteiger partial charge in [0.15, 0.2) is 6.29 Å². The molecular formula is C15H22N2O3S. The Morgan fingerprint density at radius 1 is 1.33 bits per heavy atom. The minimum absolute atomic E-state index is 0.0141. The lowest BCUT2D eigenvalue weighted by atomic mass is 9.96. The van der Waals surface area contributed by atoms with Crippen molar-refractivity contribution in [1.29, 1.82) is 0 Å². The summed E-state index contributed by atoms with van der Waals surface area (Å²) < 4.78 is 11.1. The van der Waals surface area contributed by atoms with E-state index in [0.717, 1.165) is 39.1 Å². The summed E-state index contributed by atoms with van der Waals surface area (Å²) in [5.41, 5.74) is 0. The summed E-state index contributed by atoms with van der Waals surface area (Å²) in [7, 11) is 0. The molecule has 0 aliphatic carbocycles. The topological polar surface area (TPSA) is 50.8 Å². The number of nitrogens with one attached hydrogen (secondary N) is 1. The summed E-state index contributed by atoms with van der Waals surface area (Å²) in [4.78, 5) is 15.4.